The van der Waals surface area contributed by atoms with Crippen molar-refractivity contribution in [3.8, 4) is 0 Å². The second-order valence-electron chi connectivity index (χ2n) is 4.88. The number of carbonyl (C=O) groups is 1. The Morgan fingerprint density at radius 2 is 1.62 bits per heavy atom. The lowest BCUT2D eigenvalue weighted by Crippen LogP contribution is -2.38. The van der Waals surface area contributed by atoms with Crippen LogP contribution in [0.15, 0.2) is 59.4 Å². The van der Waals surface area contributed by atoms with Crippen molar-refractivity contribution in [2.24, 2.45) is 0 Å². The van der Waals surface area contributed by atoms with E-state index < -0.39 is 0 Å². The number of hydrogen-bond donors (Lipinski definition) is 0. The van der Waals surface area contributed by atoms with E-state index in [4.69, 9.17) is 0 Å². The normalized spacial score (nSPS) is 13.7. The quantitative estimate of drug-likeness (QED) is 0.681. The van der Waals surface area contributed by atoms with Crippen LogP contribution in [-0.2, 0) is 11.2 Å². The van der Waals surface area contributed by atoms with Crippen LogP contribution in [0.3, 0.4) is 0 Å². The number of aromatic nitrogens is 2. The lowest BCUT2D eigenvalue weighted by atomic mass is 10.2. The number of fused-ring (bicyclic) bond motifs is 2. The second kappa shape index (κ2) is 4.28. The van der Waals surface area contributed by atoms with Gasteiger partial charge in [-0.2, -0.15) is 4.68 Å². The van der Waals surface area contributed by atoms with Gasteiger partial charge in [-0.3, -0.25) is 9.59 Å². The molecule has 1 amide bonds. The summed E-state index contributed by atoms with van der Waals surface area (Å²) in [6.45, 7) is 0. The number of hydrogen-bond acceptors (Lipinski definition) is 3. The van der Waals surface area contributed by atoms with Crippen molar-refractivity contribution in [2.75, 3.05) is 5.01 Å². The Kier molecular flexibility index (Phi) is 2.41. The zero-order valence-corrected chi connectivity index (χ0v) is 11.1. The van der Waals surface area contributed by atoms with Gasteiger partial charge in [-0.1, -0.05) is 30.3 Å². The number of anilines is 1. The van der Waals surface area contributed by atoms with Crippen molar-refractivity contribution in [1.82, 2.24) is 9.66 Å². The highest BCUT2D eigenvalue weighted by molar-refractivity contribution is 5.97. The minimum atomic E-state index is -0.217. The molecular formula is C16H11N3O2. The molecule has 0 unspecified atom stereocenters. The minimum Gasteiger partial charge on any atom is -0.272 e. The molecule has 1 aromatic heterocycles. The largest absolute Gasteiger partial charge is 0.280 e. The van der Waals surface area contributed by atoms with Gasteiger partial charge < -0.3 is 0 Å². The van der Waals surface area contributed by atoms with E-state index in [2.05, 4.69) is 4.98 Å². The van der Waals surface area contributed by atoms with Gasteiger partial charge >= 0.3 is 0 Å². The fourth-order valence-electron chi connectivity index (χ4n) is 2.64. The molecule has 0 N–H and O–H groups in total. The summed E-state index contributed by atoms with van der Waals surface area (Å²) in [5, 5.41) is 1.91. The van der Waals surface area contributed by atoms with Gasteiger partial charge in [0, 0.05) is 0 Å². The molecule has 0 radical (unpaired) electrons. The molecule has 0 atom stereocenters. The predicted molar refractivity (Wildman–Crippen MR) is 79.0 cm³/mol. The molecule has 21 heavy (non-hydrogen) atoms. The first-order chi connectivity index (χ1) is 10.3. The molecule has 0 aliphatic carbocycles. The third-order valence-corrected chi connectivity index (χ3v) is 3.57. The summed E-state index contributed by atoms with van der Waals surface area (Å²) in [6, 6.07) is 16.3. The zero-order chi connectivity index (χ0) is 14.4. The lowest BCUT2D eigenvalue weighted by Gasteiger charge is -2.18. The standard InChI is InChI=1S/C16H11N3O2/c20-15-10-14-17-13-9-5-4-8-12(13)16(21)19(14)18(15)11-6-2-1-3-7-11/h1-9H,10H2. The van der Waals surface area contributed by atoms with Crippen molar-refractivity contribution < 1.29 is 4.79 Å². The van der Waals surface area contributed by atoms with Gasteiger partial charge in [0.1, 0.15) is 5.82 Å². The van der Waals surface area contributed by atoms with E-state index in [1.165, 1.54) is 9.69 Å². The SMILES string of the molecule is O=C1Cc2nc3ccccc3c(=O)n2N1c1ccccc1. The third-order valence-electron chi connectivity index (χ3n) is 3.57. The number of nitrogens with zero attached hydrogens (tertiary/aromatic N) is 3. The van der Waals surface area contributed by atoms with E-state index in [0.717, 1.165) is 0 Å². The van der Waals surface area contributed by atoms with Crippen molar-refractivity contribution >= 4 is 22.5 Å². The minimum absolute atomic E-state index is 0.134. The molecule has 1 aliphatic heterocycles. The van der Waals surface area contributed by atoms with Crippen LogP contribution in [-0.4, -0.2) is 15.6 Å². The first-order valence-electron chi connectivity index (χ1n) is 6.65. The highest BCUT2D eigenvalue weighted by atomic mass is 16.2. The summed E-state index contributed by atoms with van der Waals surface area (Å²) in [4.78, 5) is 29.4. The lowest BCUT2D eigenvalue weighted by molar-refractivity contribution is -0.117. The number of rotatable bonds is 1. The molecule has 2 heterocycles. The van der Waals surface area contributed by atoms with Gasteiger partial charge in [0.15, 0.2) is 0 Å². The van der Waals surface area contributed by atoms with Crippen LogP contribution in [0.5, 0.6) is 0 Å². The summed E-state index contributed by atoms with van der Waals surface area (Å²) in [5.41, 5.74) is 1.07. The smallest absolute Gasteiger partial charge is 0.272 e. The molecule has 5 heteroatoms. The molecule has 0 saturated carbocycles. The van der Waals surface area contributed by atoms with Gasteiger partial charge in [0.05, 0.1) is 23.0 Å². The van der Waals surface area contributed by atoms with E-state index in [1.54, 1.807) is 30.3 Å². The van der Waals surface area contributed by atoms with Crippen molar-refractivity contribution in [1.29, 1.82) is 0 Å². The molecule has 4 rings (SSSR count). The molecule has 3 aromatic rings. The van der Waals surface area contributed by atoms with Crippen molar-refractivity contribution in [3.05, 3.63) is 70.8 Å². The Morgan fingerprint density at radius 3 is 2.43 bits per heavy atom. The molecular weight excluding hydrogens is 266 g/mol. The Balaban J connectivity index is 2.03. The van der Waals surface area contributed by atoms with Gasteiger partial charge in [-0.05, 0) is 24.3 Å². The van der Waals surface area contributed by atoms with E-state index >= 15 is 0 Å². The van der Waals surface area contributed by atoms with E-state index in [-0.39, 0.29) is 17.9 Å². The van der Waals surface area contributed by atoms with Crippen molar-refractivity contribution in [3.63, 3.8) is 0 Å². The zero-order valence-electron chi connectivity index (χ0n) is 11.1. The van der Waals surface area contributed by atoms with E-state index in [0.29, 0.717) is 22.4 Å². The van der Waals surface area contributed by atoms with Gasteiger partial charge in [-0.25, -0.2) is 9.99 Å². The topological polar surface area (TPSA) is 55.2 Å². The van der Waals surface area contributed by atoms with Gasteiger partial charge in [-0.15, -0.1) is 0 Å². The van der Waals surface area contributed by atoms with Crippen LogP contribution in [0.4, 0.5) is 5.69 Å². The second-order valence-corrected chi connectivity index (χ2v) is 4.88. The Labute approximate surface area is 120 Å². The molecule has 2 aromatic carbocycles. The Bertz CT molecular complexity index is 916. The molecule has 0 fully saturated rings. The summed E-state index contributed by atoms with van der Waals surface area (Å²) < 4.78 is 1.38. The summed E-state index contributed by atoms with van der Waals surface area (Å²) >= 11 is 0. The maximum absolute atomic E-state index is 12.7. The third kappa shape index (κ3) is 1.67. The average Bonchev–Trinajstić information content (AvgIpc) is 2.85. The molecule has 5 nitrogen and oxygen atoms in total. The first-order valence-corrected chi connectivity index (χ1v) is 6.65. The molecule has 1 aliphatic rings. The van der Waals surface area contributed by atoms with Crippen LogP contribution in [0, 0.1) is 0 Å². The average molecular weight is 277 g/mol. The molecule has 0 bridgehead atoms. The van der Waals surface area contributed by atoms with Crippen molar-refractivity contribution in [2.45, 2.75) is 6.42 Å². The highest BCUT2D eigenvalue weighted by Crippen LogP contribution is 2.22. The monoisotopic (exact) mass is 277 g/mol. The van der Waals surface area contributed by atoms with E-state index in [1.807, 2.05) is 24.3 Å². The van der Waals surface area contributed by atoms with Crippen LogP contribution < -0.4 is 10.6 Å². The predicted octanol–water partition coefficient (Wildman–Crippen LogP) is 1.75. The van der Waals surface area contributed by atoms with Crippen LogP contribution in [0.25, 0.3) is 10.9 Å². The maximum atomic E-state index is 12.7. The Hall–Kier alpha value is -2.95. The van der Waals surface area contributed by atoms with Crippen LogP contribution >= 0.6 is 0 Å². The molecule has 102 valence electrons. The molecule has 0 spiro atoms. The summed E-state index contributed by atoms with van der Waals surface area (Å²) in [6.07, 6.45) is 0.134. The van der Waals surface area contributed by atoms with Crippen LogP contribution in [0.2, 0.25) is 0 Å². The maximum Gasteiger partial charge on any atom is 0.280 e. The number of amides is 1. The number of benzene rings is 2. The number of para-hydroxylation sites is 2. The fourth-order valence-corrected chi connectivity index (χ4v) is 2.64. The van der Waals surface area contributed by atoms with Gasteiger partial charge in [0.25, 0.3) is 11.5 Å². The number of carbonyl (C=O) groups excluding carboxylic acids is 1. The highest BCUT2D eigenvalue weighted by Gasteiger charge is 2.31. The molecule has 0 saturated heterocycles. The summed E-state index contributed by atoms with van der Waals surface area (Å²) in [5.74, 6) is 0.327. The Morgan fingerprint density at radius 1 is 0.905 bits per heavy atom. The summed E-state index contributed by atoms with van der Waals surface area (Å²) in [7, 11) is 0. The van der Waals surface area contributed by atoms with Crippen LogP contribution in [0.1, 0.15) is 5.82 Å². The fraction of sp³-hybridized carbons (Fsp3) is 0.0625. The first kappa shape index (κ1) is 11.8. The van der Waals surface area contributed by atoms with Gasteiger partial charge in [0.2, 0.25) is 0 Å². The van der Waals surface area contributed by atoms with E-state index in [9.17, 15) is 9.59 Å².